The van der Waals surface area contributed by atoms with Crippen LogP contribution in [-0.4, -0.2) is 38.6 Å². The van der Waals surface area contributed by atoms with Gasteiger partial charge < -0.3 is 10.4 Å². The molecule has 1 fully saturated rings. The molecular weight excluding hydrogens is 468 g/mol. The molecule has 2 aromatic carbocycles. The monoisotopic (exact) mass is 500 g/mol. The molecule has 1 aliphatic rings. The molecule has 35 heavy (non-hydrogen) atoms. The van der Waals surface area contributed by atoms with Crippen LogP contribution in [0.4, 0.5) is 16.2 Å². The van der Waals surface area contributed by atoms with Crippen LogP contribution in [0.3, 0.4) is 0 Å². The predicted octanol–water partition coefficient (Wildman–Crippen LogP) is 4.62. The fourth-order valence-corrected chi connectivity index (χ4v) is 4.63. The van der Waals surface area contributed by atoms with E-state index in [9.17, 15) is 19.5 Å². The van der Waals surface area contributed by atoms with Gasteiger partial charge in [-0.2, -0.15) is 0 Å². The van der Waals surface area contributed by atoms with Gasteiger partial charge in [0, 0.05) is 18.5 Å². The topological polar surface area (TPSA) is 122 Å². The van der Waals surface area contributed by atoms with Crippen molar-refractivity contribution in [2.24, 2.45) is 0 Å². The number of unbranched alkanes of at least 4 members (excludes halogenated alkanes) is 5. The number of anilines is 2. The first-order valence-electron chi connectivity index (χ1n) is 11.8. The van der Waals surface area contributed by atoms with Gasteiger partial charge in [0.25, 0.3) is 0 Å². The number of aliphatic hydroxyl groups excluding tert-OH is 1. The van der Waals surface area contributed by atoms with Crippen molar-refractivity contribution >= 4 is 40.4 Å². The molecule has 3 rings (SSSR count). The molecule has 0 bridgehead atoms. The zero-order chi connectivity index (χ0) is 25.0. The summed E-state index contributed by atoms with van der Waals surface area (Å²) in [5, 5.41) is 21.8. The number of nitrogens with zero attached hydrogens (tertiary/aromatic N) is 2. The summed E-state index contributed by atoms with van der Waals surface area (Å²) >= 11 is 0.949. The predicted molar refractivity (Wildman–Crippen MR) is 135 cm³/mol. The van der Waals surface area contributed by atoms with E-state index in [2.05, 4.69) is 5.32 Å². The Hall–Kier alpha value is -3.08. The zero-order valence-corrected chi connectivity index (χ0v) is 20.4. The van der Waals surface area contributed by atoms with Crippen molar-refractivity contribution in [3.05, 3.63) is 60.2 Å². The van der Waals surface area contributed by atoms with Crippen molar-refractivity contribution in [2.45, 2.75) is 64.3 Å². The van der Waals surface area contributed by atoms with Crippen molar-refractivity contribution in [1.82, 2.24) is 10.4 Å². The van der Waals surface area contributed by atoms with E-state index < -0.39 is 6.35 Å². The van der Waals surface area contributed by atoms with Crippen LogP contribution in [-0.2, 0) is 16.1 Å². The number of nitrogens with one attached hydrogen (secondary N) is 2. The van der Waals surface area contributed by atoms with E-state index in [0.29, 0.717) is 30.8 Å². The highest BCUT2D eigenvalue weighted by Gasteiger charge is 2.38. The van der Waals surface area contributed by atoms with Crippen molar-refractivity contribution in [3.8, 4) is 0 Å². The lowest BCUT2D eigenvalue weighted by Gasteiger charge is -2.25. The number of rotatable bonds is 13. The maximum atomic E-state index is 12.4. The van der Waals surface area contributed by atoms with Crippen molar-refractivity contribution < 1.29 is 24.7 Å². The highest BCUT2D eigenvalue weighted by atomic mass is 32.2. The molecule has 188 valence electrons. The first kappa shape index (κ1) is 26.5. The Morgan fingerprint density at radius 1 is 0.857 bits per heavy atom. The number of benzene rings is 2. The summed E-state index contributed by atoms with van der Waals surface area (Å²) in [5.74, 6) is -0.416. The number of hydrogen-bond donors (Lipinski definition) is 4. The Bertz CT molecular complexity index is 974. The summed E-state index contributed by atoms with van der Waals surface area (Å²) in [6.07, 6.45) is 5.06. The van der Waals surface area contributed by atoms with E-state index in [4.69, 9.17) is 5.21 Å². The second-order valence-electron chi connectivity index (χ2n) is 8.39. The highest BCUT2D eigenvalue weighted by molar-refractivity contribution is 8.15. The summed E-state index contributed by atoms with van der Waals surface area (Å²) in [6.45, 7) is 0.319. The maximum absolute atomic E-state index is 12.4. The summed E-state index contributed by atoms with van der Waals surface area (Å²) in [4.78, 5) is 37.0. The van der Waals surface area contributed by atoms with Crippen LogP contribution < -0.4 is 15.1 Å². The lowest BCUT2D eigenvalue weighted by molar-refractivity contribution is -0.129. The Morgan fingerprint density at radius 3 is 2.09 bits per heavy atom. The molecule has 9 nitrogen and oxygen atoms in total. The number of amides is 3. The van der Waals surface area contributed by atoms with Crippen molar-refractivity contribution in [1.29, 1.82) is 0 Å². The highest BCUT2D eigenvalue weighted by Crippen LogP contribution is 2.35. The first-order chi connectivity index (χ1) is 17.0. The van der Waals surface area contributed by atoms with E-state index in [1.54, 1.807) is 34.1 Å². The normalized spacial score (nSPS) is 15.4. The van der Waals surface area contributed by atoms with E-state index in [1.165, 1.54) is 4.90 Å². The van der Waals surface area contributed by atoms with Gasteiger partial charge in [0.15, 0.2) is 0 Å². The molecule has 0 radical (unpaired) electrons. The minimum Gasteiger partial charge on any atom is -0.356 e. The number of hydroxylamine groups is 1. The standard InChI is InChI=1S/C25H32N4O5S/c30-22(12-8-3-1-2-4-9-13-23(31)27-34)26-20-14-16-21(17-15-20)29-24(32)28(25(33)35-29)18-19-10-6-5-7-11-19/h5-7,10-11,14-17,24,32,34H,1-4,8-9,12-13,18H2,(H,26,30)(H,27,31). The lowest BCUT2D eigenvalue weighted by Crippen LogP contribution is -2.38. The molecule has 0 aliphatic carbocycles. The Kier molecular flexibility index (Phi) is 10.4. The van der Waals surface area contributed by atoms with Gasteiger partial charge >= 0.3 is 5.24 Å². The number of carbonyl (C=O) groups excluding carboxylic acids is 3. The number of carbonyl (C=O) groups is 3. The van der Waals surface area contributed by atoms with E-state index in [1.807, 2.05) is 30.3 Å². The minimum absolute atomic E-state index is 0.0582. The maximum Gasteiger partial charge on any atom is 0.306 e. The second-order valence-corrected chi connectivity index (χ2v) is 9.32. The van der Waals surface area contributed by atoms with Crippen LogP contribution >= 0.6 is 11.9 Å². The summed E-state index contributed by atoms with van der Waals surface area (Å²) in [7, 11) is 0. The SMILES string of the molecule is O=C(CCCCCCCCC(=O)Nc1ccc(N2SC(=O)N(Cc3ccccc3)C2O)cc1)NO. The van der Waals surface area contributed by atoms with Crippen LogP contribution in [0.15, 0.2) is 54.6 Å². The van der Waals surface area contributed by atoms with Crippen molar-refractivity contribution in [2.75, 3.05) is 9.62 Å². The smallest absolute Gasteiger partial charge is 0.306 e. The number of aliphatic hydroxyl groups is 1. The molecule has 4 N–H and O–H groups in total. The molecule has 1 heterocycles. The van der Waals surface area contributed by atoms with Gasteiger partial charge in [-0.15, -0.1) is 0 Å². The van der Waals surface area contributed by atoms with Gasteiger partial charge in [-0.3, -0.25) is 28.8 Å². The van der Waals surface area contributed by atoms with E-state index in [-0.39, 0.29) is 17.1 Å². The molecule has 0 aromatic heterocycles. The molecule has 1 aliphatic heterocycles. The lowest BCUT2D eigenvalue weighted by atomic mass is 10.1. The van der Waals surface area contributed by atoms with Crippen LogP contribution in [0.1, 0.15) is 56.9 Å². The molecule has 1 atom stereocenters. The molecular formula is C25H32N4O5S. The van der Waals surface area contributed by atoms with Gasteiger partial charge in [-0.05, 0) is 42.7 Å². The molecule has 10 heteroatoms. The molecule has 1 unspecified atom stereocenters. The van der Waals surface area contributed by atoms with Crippen LogP contribution in [0.25, 0.3) is 0 Å². The largest absolute Gasteiger partial charge is 0.356 e. The quantitative estimate of drug-likeness (QED) is 0.137. The second kappa shape index (κ2) is 13.7. The third-order valence-electron chi connectivity index (χ3n) is 5.68. The van der Waals surface area contributed by atoms with Gasteiger partial charge in [-0.1, -0.05) is 56.0 Å². The fourth-order valence-electron chi connectivity index (χ4n) is 3.77. The van der Waals surface area contributed by atoms with Gasteiger partial charge in [-0.25, -0.2) is 5.48 Å². The first-order valence-corrected chi connectivity index (χ1v) is 12.6. The number of hydrogen-bond acceptors (Lipinski definition) is 7. The molecule has 3 amide bonds. The third-order valence-corrected chi connectivity index (χ3v) is 6.67. The average molecular weight is 501 g/mol. The Labute approximate surface area is 209 Å². The fraction of sp³-hybridized carbons (Fsp3) is 0.400. The zero-order valence-electron chi connectivity index (χ0n) is 19.6. The van der Waals surface area contributed by atoms with E-state index in [0.717, 1.165) is 56.0 Å². The van der Waals surface area contributed by atoms with Crippen LogP contribution in [0, 0.1) is 0 Å². The van der Waals surface area contributed by atoms with Gasteiger partial charge in [0.2, 0.25) is 18.2 Å². The Morgan fingerprint density at radius 2 is 1.46 bits per heavy atom. The van der Waals surface area contributed by atoms with Crippen LogP contribution in [0.5, 0.6) is 0 Å². The Balaban J connectivity index is 1.37. The molecule has 1 saturated heterocycles. The molecule has 0 spiro atoms. The summed E-state index contributed by atoms with van der Waals surface area (Å²) in [6, 6.07) is 16.6. The van der Waals surface area contributed by atoms with Gasteiger partial charge in [0.1, 0.15) is 0 Å². The van der Waals surface area contributed by atoms with E-state index >= 15 is 0 Å². The summed E-state index contributed by atoms with van der Waals surface area (Å²) in [5.41, 5.74) is 3.89. The minimum atomic E-state index is -1.08. The molecule has 2 aromatic rings. The van der Waals surface area contributed by atoms with Gasteiger partial charge in [0.05, 0.1) is 24.2 Å². The van der Waals surface area contributed by atoms with Crippen molar-refractivity contribution in [3.63, 3.8) is 0 Å². The third kappa shape index (κ3) is 8.27. The van der Waals surface area contributed by atoms with Crippen LogP contribution in [0.2, 0.25) is 0 Å². The molecule has 0 saturated carbocycles. The average Bonchev–Trinajstić information content (AvgIpc) is 3.15. The summed E-state index contributed by atoms with van der Waals surface area (Å²) < 4.78 is 1.55.